The molecule has 0 radical (unpaired) electrons. The van der Waals surface area contributed by atoms with E-state index in [0.717, 1.165) is 4.90 Å². The van der Waals surface area contributed by atoms with E-state index in [4.69, 9.17) is 0 Å². The van der Waals surface area contributed by atoms with Gasteiger partial charge in [0, 0.05) is 11.6 Å². The van der Waals surface area contributed by atoms with E-state index in [0.29, 0.717) is 18.4 Å². The molecule has 0 saturated carbocycles. The maximum absolute atomic E-state index is 11.6. The van der Waals surface area contributed by atoms with E-state index in [1.807, 2.05) is 13.8 Å². The van der Waals surface area contributed by atoms with Gasteiger partial charge < -0.3 is 5.11 Å². The smallest absolute Gasteiger partial charge is 0.256 e. The van der Waals surface area contributed by atoms with Gasteiger partial charge in [-0.1, -0.05) is 13.8 Å². The van der Waals surface area contributed by atoms with Crippen LogP contribution in [0, 0.1) is 0 Å². The molecule has 0 fully saturated rings. The zero-order valence-corrected chi connectivity index (χ0v) is 9.41. The molecule has 4 nitrogen and oxygen atoms in total. The maximum Gasteiger partial charge on any atom is 0.256 e. The SMILES string of the molecule is CCC(O)(CC)CN1C(=O)C=C(C)C1=O. The summed E-state index contributed by atoms with van der Waals surface area (Å²) >= 11 is 0. The van der Waals surface area contributed by atoms with Crippen LogP contribution in [0.5, 0.6) is 0 Å². The fourth-order valence-corrected chi connectivity index (χ4v) is 1.56. The minimum absolute atomic E-state index is 0.0888. The van der Waals surface area contributed by atoms with Gasteiger partial charge >= 0.3 is 0 Å². The van der Waals surface area contributed by atoms with Crippen LogP contribution in [0.25, 0.3) is 0 Å². The van der Waals surface area contributed by atoms with Crippen LogP contribution in [-0.2, 0) is 9.59 Å². The van der Waals surface area contributed by atoms with E-state index in [9.17, 15) is 14.7 Å². The molecule has 1 heterocycles. The molecule has 0 aromatic rings. The van der Waals surface area contributed by atoms with Crippen LogP contribution >= 0.6 is 0 Å². The molecule has 1 N–H and O–H groups in total. The van der Waals surface area contributed by atoms with Gasteiger partial charge in [0.15, 0.2) is 0 Å². The van der Waals surface area contributed by atoms with Crippen LogP contribution in [0.2, 0.25) is 0 Å². The molecular weight excluding hydrogens is 194 g/mol. The molecule has 0 spiro atoms. The van der Waals surface area contributed by atoms with Gasteiger partial charge in [-0.3, -0.25) is 14.5 Å². The summed E-state index contributed by atoms with van der Waals surface area (Å²) in [5, 5.41) is 10.0. The number of amides is 2. The average molecular weight is 211 g/mol. The first-order valence-electron chi connectivity index (χ1n) is 5.20. The lowest BCUT2D eigenvalue weighted by atomic mass is 9.97. The molecule has 2 amide bonds. The molecule has 4 heteroatoms. The first-order chi connectivity index (χ1) is 6.93. The molecule has 0 aliphatic carbocycles. The second-order valence-corrected chi connectivity index (χ2v) is 3.99. The summed E-state index contributed by atoms with van der Waals surface area (Å²) in [6.07, 6.45) is 2.37. The van der Waals surface area contributed by atoms with Crippen molar-refractivity contribution in [1.29, 1.82) is 0 Å². The summed E-state index contributed by atoms with van der Waals surface area (Å²) in [4.78, 5) is 24.1. The summed E-state index contributed by atoms with van der Waals surface area (Å²) < 4.78 is 0. The molecule has 1 rings (SSSR count). The van der Waals surface area contributed by atoms with E-state index in [2.05, 4.69) is 0 Å². The molecule has 0 aromatic heterocycles. The predicted octanol–water partition coefficient (Wildman–Crippen LogP) is 0.853. The molecule has 0 bridgehead atoms. The van der Waals surface area contributed by atoms with Crippen molar-refractivity contribution >= 4 is 11.8 Å². The standard InChI is InChI=1S/C11H17NO3/c1-4-11(15,5-2)7-12-9(13)6-8(3)10(12)14/h6,15H,4-5,7H2,1-3H3. The normalized spacial score (nSPS) is 17.3. The highest BCUT2D eigenvalue weighted by Crippen LogP contribution is 2.20. The maximum atomic E-state index is 11.6. The zero-order chi connectivity index (χ0) is 11.6. The Hall–Kier alpha value is -1.16. The Balaban J connectivity index is 2.76. The van der Waals surface area contributed by atoms with Gasteiger partial charge in [0.1, 0.15) is 0 Å². The number of nitrogens with zero attached hydrogens (tertiary/aromatic N) is 1. The summed E-state index contributed by atoms with van der Waals surface area (Å²) in [5.74, 6) is -0.613. The van der Waals surface area contributed by atoms with Crippen LogP contribution < -0.4 is 0 Å². The molecular formula is C11H17NO3. The molecule has 0 saturated heterocycles. The largest absolute Gasteiger partial charge is 0.388 e. The number of rotatable bonds is 4. The van der Waals surface area contributed by atoms with Crippen molar-refractivity contribution in [3.05, 3.63) is 11.6 Å². The van der Waals surface area contributed by atoms with Gasteiger partial charge in [0.2, 0.25) is 0 Å². The Kier molecular flexibility index (Phi) is 3.29. The van der Waals surface area contributed by atoms with Crippen LogP contribution in [0.15, 0.2) is 11.6 Å². The van der Waals surface area contributed by atoms with Crippen molar-refractivity contribution in [1.82, 2.24) is 4.90 Å². The number of carbonyl (C=O) groups excluding carboxylic acids is 2. The van der Waals surface area contributed by atoms with E-state index in [-0.39, 0.29) is 18.4 Å². The number of carbonyl (C=O) groups is 2. The predicted molar refractivity (Wildman–Crippen MR) is 56.0 cm³/mol. The monoisotopic (exact) mass is 211 g/mol. The molecule has 0 aromatic carbocycles. The molecule has 1 aliphatic rings. The highest BCUT2D eigenvalue weighted by molar-refractivity contribution is 6.15. The number of aliphatic hydroxyl groups is 1. The zero-order valence-electron chi connectivity index (χ0n) is 9.41. The third kappa shape index (κ3) is 2.26. The quantitative estimate of drug-likeness (QED) is 0.701. The molecule has 0 unspecified atom stereocenters. The van der Waals surface area contributed by atoms with Gasteiger partial charge in [0.25, 0.3) is 11.8 Å². The van der Waals surface area contributed by atoms with Gasteiger partial charge in [-0.15, -0.1) is 0 Å². The van der Waals surface area contributed by atoms with Crippen molar-refractivity contribution in [2.24, 2.45) is 0 Å². The van der Waals surface area contributed by atoms with Crippen LogP contribution in [0.1, 0.15) is 33.6 Å². The number of hydrogen-bond acceptors (Lipinski definition) is 3. The Labute approximate surface area is 89.6 Å². The summed E-state index contributed by atoms with van der Waals surface area (Å²) in [6, 6.07) is 0. The van der Waals surface area contributed by atoms with Crippen molar-refractivity contribution in [2.45, 2.75) is 39.2 Å². The van der Waals surface area contributed by atoms with Crippen molar-refractivity contribution in [3.8, 4) is 0 Å². The fraction of sp³-hybridized carbons (Fsp3) is 0.636. The number of β-amino-alcohol motifs (C(OH)–C–C–N with tert-alkyl or cyclic N) is 1. The third-order valence-corrected chi connectivity index (χ3v) is 2.96. The fourth-order valence-electron chi connectivity index (χ4n) is 1.56. The minimum atomic E-state index is -0.955. The summed E-state index contributed by atoms with van der Waals surface area (Å²) in [7, 11) is 0. The third-order valence-electron chi connectivity index (χ3n) is 2.96. The lowest BCUT2D eigenvalue weighted by molar-refractivity contribution is -0.141. The highest BCUT2D eigenvalue weighted by Gasteiger charge is 2.35. The highest BCUT2D eigenvalue weighted by atomic mass is 16.3. The van der Waals surface area contributed by atoms with Crippen molar-refractivity contribution < 1.29 is 14.7 Å². The second kappa shape index (κ2) is 4.14. The Morgan fingerprint density at radius 1 is 1.33 bits per heavy atom. The van der Waals surface area contributed by atoms with Gasteiger partial charge in [0.05, 0.1) is 12.1 Å². The molecule has 84 valence electrons. The van der Waals surface area contributed by atoms with Gasteiger partial charge in [-0.05, 0) is 19.8 Å². The van der Waals surface area contributed by atoms with Crippen LogP contribution in [0.4, 0.5) is 0 Å². The van der Waals surface area contributed by atoms with Crippen LogP contribution in [-0.4, -0.2) is 34.0 Å². The summed E-state index contributed by atoms with van der Waals surface area (Å²) in [6.45, 7) is 5.38. The van der Waals surface area contributed by atoms with Crippen molar-refractivity contribution in [3.63, 3.8) is 0 Å². The van der Waals surface area contributed by atoms with E-state index >= 15 is 0 Å². The van der Waals surface area contributed by atoms with E-state index < -0.39 is 5.60 Å². The van der Waals surface area contributed by atoms with Gasteiger partial charge in [-0.25, -0.2) is 0 Å². The molecule has 1 aliphatic heterocycles. The second-order valence-electron chi connectivity index (χ2n) is 3.99. The molecule has 0 atom stereocenters. The van der Waals surface area contributed by atoms with E-state index in [1.165, 1.54) is 6.08 Å². The Morgan fingerprint density at radius 2 is 1.87 bits per heavy atom. The average Bonchev–Trinajstić information content (AvgIpc) is 2.45. The topological polar surface area (TPSA) is 57.6 Å². The lowest BCUT2D eigenvalue weighted by Gasteiger charge is -2.29. The first kappa shape index (κ1) is 11.9. The number of hydrogen-bond donors (Lipinski definition) is 1. The lowest BCUT2D eigenvalue weighted by Crippen LogP contribution is -2.45. The first-order valence-corrected chi connectivity index (χ1v) is 5.20. The van der Waals surface area contributed by atoms with E-state index in [1.54, 1.807) is 6.92 Å². The number of imide groups is 1. The Morgan fingerprint density at radius 3 is 2.20 bits per heavy atom. The Bertz CT molecular complexity index is 316. The molecule has 15 heavy (non-hydrogen) atoms. The van der Waals surface area contributed by atoms with Gasteiger partial charge in [-0.2, -0.15) is 0 Å². The summed E-state index contributed by atoms with van der Waals surface area (Å²) in [5.41, 5.74) is -0.515. The van der Waals surface area contributed by atoms with Crippen LogP contribution in [0.3, 0.4) is 0 Å². The van der Waals surface area contributed by atoms with Crippen molar-refractivity contribution in [2.75, 3.05) is 6.54 Å². The minimum Gasteiger partial charge on any atom is -0.388 e.